The molecule has 2 aliphatic rings. The lowest BCUT2D eigenvalue weighted by Gasteiger charge is -2.22. The van der Waals surface area contributed by atoms with Gasteiger partial charge in [0.2, 0.25) is 0 Å². The molecule has 0 aromatic heterocycles. The van der Waals surface area contributed by atoms with Crippen LogP contribution in [-0.4, -0.2) is 31.6 Å². The van der Waals surface area contributed by atoms with Gasteiger partial charge in [-0.2, -0.15) is 0 Å². The second-order valence-electron chi connectivity index (χ2n) is 4.76. The molecule has 1 N–H and O–H groups in total. The van der Waals surface area contributed by atoms with E-state index in [1.54, 1.807) is 0 Å². The summed E-state index contributed by atoms with van der Waals surface area (Å²) in [7, 11) is 0. The fourth-order valence-corrected chi connectivity index (χ4v) is 2.05. The van der Waals surface area contributed by atoms with Crippen LogP contribution in [0.1, 0.15) is 38.5 Å². The van der Waals surface area contributed by atoms with Crippen LogP contribution in [0.3, 0.4) is 0 Å². The molecule has 2 fully saturated rings. The van der Waals surface area contributed by atoms with Crippen LogP contribution >= 0.6 is 0 Å². The molecule has 1 aliphatic heterocycles. The van der Waals surface area contributed by atoms with Crippen molar-refractivity contribution in [2.45, 2.75) is 44.6 Å². The van der Waals surface area contributed by atoms with Gasteiger partial charge in [-0.05, 0) is 44.7 Å². The quantitative estimate of drug-likeness (QED) is 0.724. The standard InChI is InChI=1S/C12H21NO2/c14-11(9-10-1-2-10)5-8-15-12-3-6-13-7-4-12/h10,12-13H,1-9H2. The summed E-state index contributed by atoms with van der Waals surface area (Å²) in [6.07, 6.45) is 6.53. The highest BCUT2D eigenvalue weighted by Gasteiger charge is 2.24. The summed E-state index contributed by atoms with van der Waals surface area (Å²) in [6.45, 7) is 2.75. The van der Waals surface area contributed by atoms with Gasteiger partial charge < -0.3 is 10.1 Å². The summed E-state index contributed by atoms with van der Waals surface area (Å²) >= 11 is 0. The summed E-state index contributed by atoms with van der Waals surface area (Å²) in [5.74, 6) is 1.11. The first-order valence-corrected chi connectivity index (χ1v) is 6.18. The Balaban J connectivity index is 1.51. The molecule has 0 bridgehead atoms. The topological polar surface area (TPSA) is 38.3 Å². The number of hydrogen-bond acceptors (Lipinski definition) is 3. The van der Waals surface area contributed by atoms with Gasteiger partial charge in [-0.1, -0.05) is 0 Å². The lowest BCUT2D eigenvalue weighted by atomic mass is 10.1. The number of nitrogens with one attached hydrogen (secondary N) is 1. The zero-order valence-corrected chi connectivity index (χ0v) is 9.34. The van der Waals surface area contributed by atoms with Crippen LogP contribution in [0.15, 0.2) is 0 Å². The number of hydrogen-bond donors (Lipinski definition) is 1. The molecule has 0 aromatic rings. The van der Waals surface area contributed by atoms with Gasteiger partial charge in [0.15, 0.2) is 0 Å². The van der Waals surface area contributed by atoms with Crippen LogP contribution in [0, 0.1) is 5.92 Å². The highest BCUT2D eigenvalue weighted by molar-refractivity contribution is 5.78. The molecule has 3 heteroatoms. The minimum Gasteiger partial charge on any atom is -0.378 e. The van der Waals surface area contributed by atoms with Gasteiger partial charge >= 0.3 is 0 Å². The predicted octanol–water partition coefficient (Wildman–Crippen LogP) is 1.51. The van der Waals surface area contributed by atoms with Gasteiger partial charge in [0.05, 0.1) is 12.7 Å². The largest absolute Gasteiger partial charge is 0.378 e. The number of rotatable bonds is 6. The summed E-state index contributed by atoms with van der Waals surface area (Å²) in [4.78, 5) is 11.4. The van der Waals surface area contributed by atoms with Crippen molar-refractivity contribution in [1.82, 2.24) is 5.32 Å². The highest BCUT2D eigenvalue weighted by Crippen LogP contribution is 2.32. The maximum absolute atomic E-state index is 11.4. The third-order valence-corrected chi connectivity index (χ3v) is 3.23. The number of Topliss-reactive ketones (excluding diaryl/α,β-unsaturated/α-hetero) is 1. The molecule has 0 atom stereocenters. The van der Waals surface area contributed by atoms with Gasteiger partial charge in [-0.25, -0.2) is 0 Å². The zero-order valence-electron chi connectivity index (χ0n) is 9.34. The van der Waals surface area contributed by atoms with Crippen LogP contribution in [0.25, 0.3) is 0 Å². The minimum atomic E-state index is 0.389. The SMILES string of the molecule is O=C(CCOC1CCNCC1)CC1CC1. The molecule has 86 valence electrons. The average molecular weight is 211 g/mol. The maximum atomic E-state index is 11.4. The molecule has 0 aromatic carbocycles. The zero-order chi connectivity index (χ0) is 10.5. The van der Waals surface area contributed by atoms with E-state index in [0.717, 1.165) is 38.3 Å². The van der Waals surface area contributed by atoms with Crippen molar-refractivity contribution >= 4 is 5.78 Å². The summed E-state index contributed by atoms with van der Waals surface area (Å²) in [6, 6.07) is 0. The Morgan fingerprint density at radius 3 is 2.60 bits per heavy atom. The van der Waals surface area contributed by atoms with E-state index in [0.29, 0.717) is 24.9 Å². The molecule has 0 radical (unpaired) electrons. The van der Waals surface area contributed by atoms with Gasteiger partial charge in [0, 0.05) is 12.8 Å². The smallest absolute Gasteiger partial charge is 0.135 e. The Labute approximate surface area is 91.6 Å². The number of ketones is 1. The van der Waals surface area contributed by atoms with Crippen molar-refractivity contribution in [2.75, 3.05) is 19.7 Å². The number of carbonyl (C=O) groups excluding carboxylic acids is 1. The van der Waals surface area contributed by atoms with Crippen molar-refractivity contribution in [2.24, 2.45) is 5.92 Å². The summed E-state index contributed by atoms with van der Waals surface area (Å²) in [5, 5.41) is 3.30. The summed E-state index contributed by atoms with van der Waals surface area (Å²) < 4.78 is 5.69. The Hall–Kier alpha value is -0.410. The number of carbonyl (C=O) groups is 1. The Bertz CT molecular complexity index is 208. The lowest BCUT2D eigenvalue weighted by molar-refractivity contribution is -0.121. The van der Waals surface area contributed by atoms with E-state index in [4.69, 9.17) is 4.74 Å². The monoisotopic (exact) mass is 211 g/mol. The first kappa shape index (κ1) is 11.1. The molecule has 1 saturated heterocycles. The second kappa shape index (κ2) is 5.61. The van der Waals surface area contributed by atoms with Crippen LogP contribution in [0.4, 0.5) is 0 Å². The number of piperidine rings is 1. The van der Waals surface area contributed by atoms with E-state index in [9.17, 15) is 4.79 Å². The molecule has 3 nitrogen and oxygen atoms in total. The van der Waals surface area contributed by atoms with Crippen molar-refractivity contribution in [3.63, 3.8) is 0 Å². The minimum absolute atomic E-state index is 0.389. The van der Waals surface area contributed by atoms with Gasteiger partial charge in [-0.15, -0.1) is 0 Å². The van der Waals surface area contributed by atoms with Crippen molar-refractivity contribution in [3.8, 4) is 0 Å². The van der Waals surface area contributed by atoms with Gasteiger partial charge in [-0.3, -0.25) is 4.79 Å². The fourth-order valence-electron chi connectivity index (χ4n) is 2.05. The van der Waals surface area contributed by atoms with Crippen molar-refractivity contribution in [3.05, 3.63) is 0 Å². The molecular formula is C12H21NO2. The molecule has 1 saturated carbocycles. The van der Waals surface area contributed by atoms with Crippen LogP contribution in [-0.2, 0) is 9.53 Å². The van der Waals surface area contributed by atoms with E-state index in [-0.39, 0.29) is 0 Å². The van der Waals surface area contributed by atoms with Crippen LogP contribution in [0.2, 0.25) is 0 Å². The normalized spacial score (nSPS) is 22.9. The maximum Gasteiger partial charge on any atom is 0.135 e. The fraction of sp³-hybridized carbons (Fsp3) is 0.917. The third kappa shape index (κ3) is 4.31. The molecule has 1 heterocycles. The van der Waals surface area contributed by atoms with E-state index < -0.39 is 0 Å². The van der Waals surface area contributed by atoms with E-state index in [2.05, 4.69) is 5.32 Å². The molecule has 0 amide bonds. The average Bonchev–Trinajstić information content (AvgIpc) is 3.03. The van der Waals surface area contributed by atoms with Crippen molar-refractivity contribution < 1.29 is 9.53 Å². The van der Waals surface area contributed by atoms with E-state index in [1.807, 2.05) is 0 Å². The molecule has 2 rings (SSSR count). The van der Waals surface area contributed by atoms with E-state index in [1.165, 1.54) is 12.8 Å². The first-order valence-electron chi connectivity index (χ1n) is 6.18. The van der Waals surface area contributed by atoms with Crippen molar-refractivity contribution in [1.29, 1.82) is 0 Å². The molecular weight excluding hydrogens is 190 g/mol. The van der Waals surface area contributed by atoms with Crippen LogP contribution in [0.5, 0.6) is 0 Å². The summed E-state index contributed by atoms with van der Waals surface area (Å²) in [5.41, 5.74) is 0. The second-order valence-corrected chi connectivity index (χ2v) is 4.76. The Kier molecular flexibility index (Phi) is 4.15. The molecule has 15 heavy (non-hydrogen) atoms. The molecule has 0 spiro atoms. The predicted molar refractivity (Wildman–Crippen MR) is 58.8 cm³/mol. The van der Waals surface area contributed by atoms with Crippen LogP contribution < -0.4 is 5.32 Å². The first-order chi connectivity index (χ1) is 7.34. The number of ether oxygens (including phenoxy) is 1. The third-order valence-electron chi connectivity index (χ3n) is 3.23. The van der Waals surface area contributed by atoms with Gasteiger partial charge in [0.25, 0.3) is 0 Å². The van der Waals surface area contributed by atoms with Gasteiger partial charge in [0.1, 0.15) is 5.78 Å². The van der Waals surface area contributed by atoms with E-state index >= 15 is 0 Å². The Morgan fingerprint density at radius 1 is 1.20 bits per heavy atom. The molecule has 1 aliphatic carbocycles. The Morgan fingerprint density at radius 2 is 1.93 bits per heavy atom. The lowest BCUT2D eigenvalue weighted by Crippen LogP contribution is -2.32. The molecule has 0 unspecified atom stereocenters. The highest BCUT2D eigenvalue weighted by atomic mass is 16.5.